The number of hydrogen-bond donors (Lipinski definition) is 1. The first-order chi connectivity index (χ1) is 18.3. The lowest BCUT2D eigenvalue weighted by Gasteiger charge is -2.25. The number of hydrogen-bond acceptors (Lipinski definition) is 9. The number of nitrogens with zero attached hydrogens (tertiary/aromatic N) is 4. The third-order valence-electron chi connectivity index (χ3n) is 5.94. The number of benzene rings is 2. The molecule has 5 rings (SSSR count). The summed E-state index contributed by atoms with van der Waals surface area (Å²) in [6.45, 7) is 0.346. The Morgan fingerprint density at radius 2 is 1.67 bits per heavy atom. The van der Waals surface area contributed by atoms with Crippen LogP contribution in [-0.2, 0) is 19.9 Å². The molecule has 1 aliphatic heterocycles. The molecule has 3 heterocycles. The lowest BCUT2D eigenvalue weighted by molar-refractivity contribution is 0.554. The van der Waals surface area contributed by atoms with E-state index in [1.807, 2.05) is 0 Å². The van der Waals surface area contributed by atoms with Gasteiger partial charge in [0.05, 0.1) is 27.8 Å². The second-order valence-corrected chi connectivity index (χ2v) is 13.7. The zero-order chi connectivity index (χ0) is 28.1. The number of thiazole rings is 1. The molecule has 39 heavy (non-hydrogen) atoms. The van der Waals surface area contributed by atoms with Crippen LogP contribution in [0.25, 0.3) is 33.0 Å². The van der Waals surface area contributed by atoms with Gasteiger partial charge in [0.25, 0.3) is 0 Å². The minimum atomic E-state index is -4.65. The zero-order valence-electron chi connectivity index (χ0n) is 19.6. The molecule has 0 saturated carbocycles. The van der Waals surface area contributed by atoms with Crippen LogP contribution in [-0.4, -0.2) is 56.4 Å². The Labute approximate surface area is 230 Å². The molecule has 0 unspecified atom stereocenters. The van der Waals surface area contributed by atoms with Crippen molar-refractivity contribution in [1.29, 1.82) is 0 Å². The second-order valence-electron chi connectivity index (χ2n) is 8.50. The molecule has 1 aliphatic rings. The fraction of sp³-hybridized carbons (Fsp3) is 0.174. The minimum absolute atomic E-state index is 0.0777. The SMILES string of the molecule is NS(=O)(=O)c1cc(F)cc(-c2cccc(-c3nc(N4CCS(=O)(=O)CC4)sc3-c3ccnc(Cl)n3)c2F)c1F. The van der Waals surface area contributed by atoms with Crippen LogP contribution >= 0.6 is 22.9 Å². The molecule has 2 aromatic carbocycles. The van der Waals surface area contributed by atoms with E-state index in [-0.39, 0.29) is 41.1 Å². The Kier molecular flexibility index (Phi) is 7.13. The Bertz CT molecular complexity index is 1820. The molecule has 1 fully saturated rings. The van der Waals surface area contributed by atoms with Gasteiger partial charge in [0.1, 0.15) is 16.5 Å². The predicted octanol–water partition coefficient (Wildman–Crippen LogP) is 3.89. The van der Waals surface area contributed by atoms with Gasteiger partial charge in [0, 0.05) is 36.0 Å². The highest BCUT2D eigenvalue weighted by atomic mass is 35.5. The third kappa shape index (κ3) is 5.49. The second kappa shape index (κ2) is 10.1. The molecule has 2 N–H and O–H groups in total. The van der Waals surface area contributed by atoms with E-state index in [4.69, 9.17) is 16.7 Å². The third-order valence-corrected chi connectivity index (χ3v) is 9.78. The molecule has 0 aliphatic carbocycles. The lowest BCUT2D eigenvalue weighted by Crippen LogP contribution is -2.40. The Balaban J connectivity index is 1.69. The van der Waals surface area contributed by atoms with Gasteiger partial charge in [-0.25, -0.2) is 50.1 Å². The van der Waals surface area contributed by atoms with Gasteiger partial charge in [-0.05, 0) is 35.9 Å². The molecule has 0 spiro atoms. The van der Waals surface area contributed by atoms with E-state index in [1.54, 1.807) is 4.90 Å². The fourth-order valence-corrected chi connectivity index (χ4v) is 7.14. The highest BCUT2D eigenvalue weighted by Gasteiger charge is 2.28. The summed E-state index contributed by atoms with van der Waals surface area (Å²) >= 11 is 7.09. The van der Waals surface area contributed by atoms with Crippen LogP contribution in [0.2, 0.25) is 5.28 Å². The summed E-state index contributed by atoms with van der Waals surface area (Å²) in [5.41, 5.74) is -0.816. The molecule has 1 saturated heterocycles. The van der Waals surface area contributed by atoms with Crippen LogP contribution in [0.1, 0.15) is 0 Å². The summed E-state index contributed by atoms with van der Waals surface area (Å²) < 4.78 is 92.9. The van der Waals surface area contributed by atoms with Crippen LogP contribution in [0.15, 0.2) is 47.5 Å². The van der Waals surface area contributed by atoms with Crippen molar-refractivity contribution in [2.24, 2.45) is 5.14 Å². The Hall–Kier alpha value is -3.11. The van der Waals surface area contributed by atoms with E-state index in [9.17, 15) is 21.2 Å². The number of anilines is 1. The summed E-state index contributed by atoms with van der Waals surface area (Å²) in [4.78, 5) is 13.6. The molecule has 0 amide bonds. The summed E-state index contributed by atoms with van der Waals surface area (Å²) in [6, 6.07) is 6.50. The molecule has 0 bridgehead atoms. The van der Waals surface area contributed by atoms with Crippen molar-refractivity contribution in [3.63, 3.8) is 0 Å². The summed E-state index contributed by atoms with van der Waals surface area (Å²) in [5, 5.41) is 5.33. The van der Waals surface area contributed by atoms with E-state index in [1.165, 1.54) is 24.4 Å². The average molecular weight is 616 g/mol. The van der Waals surface area contributed by atoms with Crippen molar-refractivity contribution in [2.75, 3.05) is 29.5 Å². The normalized spacial score (nSPS) is 15.5. The van der Waals surface area contributed by atoms with Crippen molar-refractivity contribution in [3.05, 3.63) is 65.3 Å². The average Bonchev–Trinajstić information content (AvgIpc) is 3.30. The van der Waals surface area contributed by atoms with Gasteiger partial charge in [-0.15, -0.1) is 0 Å². The first-order valence-electron chi connectivity index (χ1n) is 11.1. The van der Waals surface area contributed by atoms with Gasteiger partial charge < -0.3 is 4.90 Å². The largest absolute Gasteiger partial charge is 0.346 e. The maximum Gasteiger partial charge on any atom is 0.241 e. The van der Waals surface area contributed by atoms with E-state index in [0.717, 1.165) is 17.4 Å². The fourth-order valence-electron chi connectivity index (χ4n) is 4.06. The molecule has 0 atom stereocenters. The Morgan fingerprint density at radius 3 is 2.33 bits per heavy atom. The Morgan fingerprint density at radius 1 is 0.974 bits per heavy atom. The number of sulfonamides is 1. The number of aromatic nitrogens is 3. The lowest BCUT2D eigenvalue weighted by atomic mass is 9.99. The number of nitrogens with two attached hydrogens (primary N) is 1. The maximum atomic E-state index is 16.1. The van der Waals surface area contributed by atoms with Gasteiger partial charge in [0.2, 0.25) is 15.3 Å². The highest BCUT2D eigenvalue weighted by Crippen LogP contribution is 2.43. The quantitative estimate of drug-likeness (QED) is 0.334. The van der Waals surface area contributed by atoms with Crippen molar-refractivity contribution in [1.82, 2.24) is 15.0 Å². The van der Waals surface area contributed by atoms with E-state index in [2.05, 4.69) is 15.0 Å². The van der Waals surface area contributed by atoms with Crippen LogP contribution in [0.3, 0.4) is 0 Å². The van der Waals surface area contributed by atoms with Gasteiger partial charge >= 0.3 is 0 Å². The van der Waals surface area contributed by atoms with Crippen LogP contribution in [0.5, 0.6) is 0 Å². The summed E-state index contributed by atoms with van der Waals surface area (Å²) in [7, 11) is -7.83. The maximum absolute atomic E-state index is 16.1. The van der Waals surface area contributed by atoms with Gasteiger partial charge in [0.15, 0.2) is 20.8 Å². The van der Waals surface area contributed by atoms with Gasteiger partial charge in [-0.2, -0.15) is 0 Å². The number of rotatable bonds is 5. The van der Waals surface area contributed by atoms with Crippen molar-refractivity contribution >= 4 is 47.9 Å². The zero-order valence-corrected chi connectivity index (χ0v) is 22.8. The van der Waals surface area contributed by atoms with Gasteiger partial charge in [-0.3, -0.25) is 0 Å². The van der Waals surface area contributed by atoms with E-state index < -0.39 is 53.3 Å². The highest BCUT2D eigenvalue weighted by molar-refractivity contribution is 7.91. The minimum Gasteiger partial charge on any atom is -0.346 e. The van der Waals surface area contributed by atoms with E-state index >= 15 is 8.78 Å². The van der Waals surface area contributed by atoms with Crippen molar-refractivity contribution in [3.8, 4) is 33.0 Å². The molecule has 4 aromatic rings. The smallest absolute Gasteiger partial charge is 0.241 e. The molecule has 2 aromatic heterocycles. The molecular weight excluding hydrogens is 599 g/mol. The van der Waals surface area contributed by atoms with Crippen LogP contribution < -0.4 is 10.0 Å². The molecule has 9 nitrogen and oxygen atoms in total. The summed E-state index contributed by atoms with van der Waals surface area (Å²) in [6.07, 6.45) is 1.39. The topological polar surface area (TPSA) is 136 Å². The number of halogens is 4. The monoisotopic (exact) mass is 615 g/mol. The van der Waals surface area contributed by atoms with E-state index in [0.29, 0.717) is 27.8 Å². The number of primary sulfonamides is 1. The molecular formula is C23H17ClF3N5O4S3. The first kappa shape index (κ1) is 27.5. The molecule has 0 radical (unpaired) electrons. The predicted molar refractivity (Wildman–Crippen MR) is 141 cm³/mol. The standard InChI is InChI=1S/C23H17ClF3N5O4S3/c24-22-29-5-4-16(30-22)21-20(31-23(37-21)32-6-8-38(33,34)9-7-32)14-3-1-2-13(18(14)26)15-10-12(25)11-17(19(15)27)39(28,35)36/h1-5,10-11H,6-9H2,(H2,28,35,36). The summed E-state index contributed by atoms with van der Waals surface area (Å²) in [5.74, 6) is -3.71. The van der Waals surface area contributed by atoms with Crippen LogP contribution in [0.4, 0.5) is 18.3 Å². The molecule has 16 heteroatoms. The van der Waals surface area contributed by atoms with Gasteiger partial charge in [-0.1, -0.05) is 23.5 Å². The molecule has 204 valence electrons. The number of sulfone groups is 1. The first-order valence-corrected chi connectivity index (χ1v) is 15.7. The van der Waals surface area contributed by atoms with Crippen molar-refractivity contribution < 1.29 is 30.0 Å². The van der Waals surface area contributed by atoms with Crippen molar-refractivity contribution in [2.45, 2.75) is 4.90 Å². The van der Waals surface area contributed by atoms with Crippen LogP contribution in [0, 0.1) is 17.5 Å².